The second kappa shape index (κ2) is 18.4. The molecular weight excluding hydrogens is 1120 g/mol. The average molecular weight is 1170 g/mol. The van der Waals surface area contributed by atoms with E-state index in [1.807, 2.05) is 137 Å². The second-order valence-electron chi connectivity index (χ2n) is 20.5. The minimum absolute atomic E-state index is 0. The van der Waals surface area contributed by atoms with Gasteiger partial charge in [0.25, 0.3) is 0 Å². The summed E-state index contributed by atoms with van der Waals surface area (Å²) in [6.07, 6.45) is 0. The van der Waals surface area contributed by atoms with Crippen molar-refractivity contribution < 1.29 is 40.2 Å². The maximum atomic E-state index is 6.33. The van der Waals surface area contributed by atoms with Crippen molar-refractivity contribution in [2.24, 2.45) is 0 Å². The molecule has 0 unspecified atom stereocenters. The van der Waals surface area contributed by atoms with Gasteiger partial charge in [0.15, 0.2) is 11.2 Å². The van der Waals surface area contributed by atoms with Crippen molar-refractivity contribution in [2.75, 3.05) is 0 Å². The molecule has 9 aromatic carbocycles. The number of benzene rings is 9. The molecule has 0 atom stereocenters. The van der Waals surface area contributed by atoms with Gasteiger partial charge >= 0.3 is 7.12 Å². The number of nitrogens with zero attached hydrogens (tertiary/aromatic N) is 2. The highest BCUT2D eigenvalue weighted by Gasteiger charge is 2.54. The molecule has 0 spiro atoms. The maximum absolute atomic E-state index is 6.33. The average Bonchev–Trinajstić information content (AvgIpc) is 4.47. The van der Waals surface area contributed by atoms with Crippen molar-refractivity contribution in [3.8, 4) is 22.8 Å². The van der Waals surface area contributed by atoms with Crippen molar-refractivity contribution in [3.05, 3.63) is 185 Å². The Morgan fingerprint density at radius 2 is 0.772 bits per heavy atom. The monoisotopic (exact) mass is 1170 g/mol. The summed E-state index contributed by atoms with van der Waals surface area (Å²) in [5, 5.41) is 9.51. The Hall–Kier alpha value is -8.40. The molecule has 0 amide bonds. The van der Waals surface area contributed by atoms with Crippen LogP contribution in [0.1, 0.15) is 35.1 Å². The lowest BCUT2D eigenvalue weighted by Crippen LogP contribution is -2.41. The van der Waals surface area contributed by atoms with Gasteiger partial charge in [0, 0.05) is 68.5 Å². The number of hydrogen-bond acceptors (Lipinski definition) is 11. The first-order valence-electron chi connectivity index (χ1n) is 25.4. The van der Waals surface area contributed by atoms with E-state index in [0.717, 1.165) is 147 Å². The fourth-order valence-corrected chi connectivity index (χ4v) is 11.1. The summed E-state index contributed by atoms with van der Waals surface area (Å²) in [7, 11) is -0.539. The molecule has 1 saturated heterocycles. The first-order chi connectivity index (χ1) is 37.8. The molecule has 17 rings (SSSR count). The number of fused-ring (bicyclic) bond motifs is 15. The summed E-state index contributed by atoms with van der Waals surface area (Å²) in [6.45, 7) is 8.04. The van der Waals surface area contributed by atoms with E-state index >= 15 is 0 Å². The molecule has 0 radical (unpaired) electrons. The first kappa shape index (κ1) is 48.9. The molecule has 16 aromatic rings. The van der Waals surface area contributed by atoms with E-state index in [-0.39, 0.29) is 18.6 Å². The van der Waals surface area contributed by atoms with Crippen LogP contribution in [0.25, 0.3) is 144 Å². The lowest BCUT2D eigenvalue weighted by atomic mass is 9.90. The fourth-order valence-electron chi connectivity index (χ4n) is 10.4. The van der Waals surface area contributed by atoms with Crippen molar-refractivity contribution in [1.29, 1.82) is 0 Å². The van der Waals surface area contributed by atoms with Gasteiger partial charge in [-0.3, -0.25) is 0 Å². The summed E-state index contributed by atoms with van der Waals surface area (Å²) in [5.41, 5.74) is 11.9. The summed E-state index contributed by atoms with van der Waals surface area (Å²) < 4.78 is 56.2. The van der Waals surface area contributed by atoms with E-state index in [0.29, 0.717) is 11.7 Å². The molecule has 0 saturated carbocycles. The van der Waals surface area contributed by atoms with E-state index in [4.69, 9.17) is 40.2 Å². The standard InChI is InChI=1S/C33H17NO4.C18H8Br2O2.C13H16BNO3.CH4/c1-3-7-26-18(5-1)13-28(35-26)19-9-11-21-23-16-32-24(17-31(23)36-29(21)14-19)22-12-10-20(15-30(22)37-32)33-34-25-6-2-4-8-27(25)38-33;19-9-1-3-11-13-7-18-14(8-17(13)21-15(11)5-9)12-4-2-10(20)6-16(12)22-18;1-12(2)13(3,4)18-14(17-12)11-15-9-7-5-6-8-10(9)16-11;/h1-17H;1-8H;5-8H,1-4H3;1H4. The number of oxazole rings is 2. The Bertz CT molecular complexity index is 4690. The van der Waals surface area contributed by atoms with Crippen LogP contribution in [0.2, 0.25) is 0 Å². The van der Waals surface area contributed by atoms with Gasteiger partial charge in [-0.2, -0.15) is 0 Å². The first-order valence-corrected chi connectivity index (χ1v) is 27.0. The molecule has 14 heteroatoms. The van der Waals surface area contributed by atoms with Gasteiger partial charge in [0.1, 0.15) is 67.0 Å². The smallest absolute Gasteiger partial charge is 0.456 e. The normalized spacial score (nSPS) is 14.2. The molecule has 386 valence electrons. The molecule has 1 aliphatic heterocycles. The third-order valence-corrected chi connectivity index (χ3v) is 16.1. The van der Waals surface area contributed by atoms with Crippen molar-refractivity contribution >= 4 is 166 Å². The van der Waals surface area contributed by atoms with E-state index in [9.17, 15) is 0 Å². The van der Waals surface area contributed by atoms with Crippen LogP contribution in [0.3, 0.4) is 0 Å². The molecule has 0 aliphatic carbocycles. The number of rotatable bonds is 3. The molecule has 11 nitrogen and oxygen atoms in total. The number of furan rings is 5. The van der Waals surface area contributed by atoms with Crippen LogP contribution in [0.5, 0.6) is 0 Å². The summed E-state index contributed by atoms with van der Waals surface area (Å²) in [5.74, 6) is 1.88. The lowest BCUT2D eigenvalue weighted by molar-refractivity contribution is 0.00578. The van der Waals surface area contributed by atoms with Crippen LogP contribution in [0, 0.1) is 0 Å². The number of para-hydroxylation sites is 5. The molecule has 7 aromatic heterocycles. The van der Waals surface area contributed by atoms with Gasteiger partial charge in [-0.25, -0.2) is 9.97 Å². The molecule has 1 fully saturated rings. The number of aromatic nitrogens is 2. The van der Waals surface area contributed by atoms with E-state index in [2.05, 4.69) is 109 Å². The minimum atomic E-state index is -0.539. The molecular formula is C65H45BBr2N2O9. The zero-order valence-corrected chi connectivity index (χ0v) is 45.3. The Labute approximate surface area is 467 Å². The van der Waals surface area contributed by atoms with Gasteiger partial charge in [-0.1, -0.05) is 87.8 Å². The Morgan fingerprint density at radius 1 is 0.354 bits per heavy atom. The topological polar surface area (TPSA) is 136 Å². The predicted molar refractivity (Wildman–Crippen MR) is 322 cm³/mol. The maximum Gasteiger partial charge on any atom is 0.554 e. The SMILES string of the molecule is Brc1ccc2c(c1)oc1cc3c(cc12)oc1cc(Br)ccc13.C.CC1(C)OB(c2nc3ccccc3o2)OC1(C)C.c1ccc2oc(-c3ccc4c(c3)oc3cc5c(cc34)oc3cc(-c4nc6ccccc6o4)ccc35)cc2c1. The van der Waals surface area contributed by atoms with E-state index in [1.54, 1.807) is 0 Å². The third kappa shape index (κ3) is 8.31. The lowest BCUT2D eigenvalue weighted by Gasteiger charge is -2.32. The largest absolute Gasteiger partial charge is 0.554 e. The van der Waals surface area contributed by atoms with Crippen molar-refractivity contribution in [1.82, 2.24) is 9.97 Å². The van der Waals surface area contributed by atoms with Gasteiger partial charge in [-0.05, 0) is 155 Å². The highest BCUT2D eigenvalue weighted by molar-refractivity contribution is 9.10. The van der Waals surface area contributed by atoms with E-state index in [1.165, 1.54) is 0 Å². The molecule has 1 aliphatic rings. The highest BCUT2D eigenvalue weighted by Crippen LogP contribution is 2.42. The van der Waals surface area contributed by atoms with Crippen LogP contribution in [-0.2, 0) is 9.31 Å². The zero-order chi connectivity index (χ0) is 52.6. The molecule has 8 heterocycles. The second-order valence-corrected chi connectivity index (χ2v) is 22.4. The Balaban J connectivity index is 0.000000117. The summed E-state index contributed by atoms with van der Waals surface area (Å²) >= 11 is 6.96. The van der Waals surface area contributed by atoms with Crippen LogP contribution in [0.15, 0.2) is 216 Å². The Kier molecular flexibility index (Phi) is 11.4. The fraction of sp³-hybridized carbons (Fsp3) is 0.108. The minimum Gasteiger partial charge on any atom is -0.456 e. The molecule has 79 heavy (non-hydrogen) atoms. The van der Waals surface area contributed by atoms with Gasteiger partial charge in [0.05, 0.1) is 11.2 Å². The summed E-state index contributed by atoms with van der Waals surface area (Å²) in [6, 6.07) is 58.2. The quantitative estimate of drug-likeness (QED) is 0.156. The van der Waals surface area contributed by atoms with Gasteiger partial charge in [0.2, 0.25) is 11.7 Å². The van der Waals surface area contributed by atoms with Crippen molar-refractivity contribution in [3.63, 3.8) is 0 Å². The molecule has 0 N–H and O–H groups in total. The van der Waals surface area contributed by atoms with Gasteiger partial charge < -0.3 is 40.2 Å². The van der Waals surface area contributed by atoms with Gasteiger partial charge in [-0.15, -0.1) is 0 Å². The van der Waals surface area contributed by atoms with Crippen LogP contribution in [0.4, 0.5) is 0 Å². The predicted octanol–water partition coefficient (Wildman–Crippen LogP) is 19.5. The highest BCUT2D eigenvalue weighted by atomic mass is 79.9. The molecule has 0 bridgehead atoms. The van der Waals surface area contributed by atoms with Crippen molar-refractivity contribution in [2.45, 2.75) is 46.3 Å². The van der Waals surface area contributed by atoms with E-state index < -0.39 is 7.12 Å². The number of hydrogen-bond donors (Lipinski definition) is 0. The van der Waals surface area contributed by atoms with Crippen LogP contribution < -0.4 is 5.79 Å². The Morgan fingerprint density at radius 3 is 1.28 bits per heavy atom. The zero-order valence-electron chi connectivity index (χ0n) is 42.1. The third-order valence-electron chi connectivity index (χ3n) is 15.1. The van der Waals surface area contributed by atoms with Crippen LogP contribution >= 0.6 is 31.9 Å². The summed E-state index contributed by atoms with van der Waals surface area (Å²) in [4.78, 5) is 9.03. The van der Waals surface area contributed by atoms with Crippen LogP contribution in [-0.4, -0.2) is 28.3 Å². The number of halogens is 2.